The fourth-order valence-corrected chi connectivity index (χ4v) is 3.73. The van der Waals surface area contributed by atoms with E-state index in [1.165, 1.54) is 0 Å². The van der Waals surface area contributed by atoms with E-state index in [0.717, 1.165) is 63.6 Å². The van der Waals surface area contributed by atoms with Crippen LogP contribution >= 0.6 is 0 Å². The van der Waals surface area contributed by atoms with Gasteiger partial charge >= 0.3 is 0 Å². The lowest BCUT2D eigenvalue weighted by molar-refractivity contribution is 0.0336. The number of amides is 1. The third-order valence-electron chi connectivity index (χ3n) is 5.08. The first-order chi connectivity index (χ1) is 12.8. The van der Waals surface area contributed by atoms with Crippen LogP contribution < -0.4 is 0 Å². The predicted molar refractivity (Wildman–Crippen MR) is 97.6 cm³/mol. The number of likely N-dealkylation sites (tertiary alicyclic amines) is 1. The highest BCUT2D eigenvalue weighted by Crippen LogP contribution is 2.32. The van der Waals surface area contributed by atoms with Crippen LogP contribution in [0.15, 0.2) is 42.7 Å². The maximum Gasteiger partial charge on any atom is 0.255 e. The first-order valence-corrected chi connectivity index (χ1v) is 9.28. The van der Waals surface area contributed by atoms with E-state index < -0.39 is 0 Å². The third kappa shape index (κ3) is 3.76. The van der Waals surface area contributed by atoms with Crippen molar-refractivity contribution >= 4 is 5.91 Å². The minimum atomic E-state index is 0.0426. The molecule has 6 heteroatoms. The fraction of sp³-hybridized carbons (Fsp3) is 0.450. The van der Waals surface area contributed by atoms with Crippen molar-refractivity contribution in [1.82, 2.24) is 19.8 Å². The van der Waals surface area contributed by atoms with Gasteiger partial charge in [-0.15, -0.1) is 0 Å². The first kappa shape index (κ1) is 17.1. The quantitative estimate of drug-likeness (QED) is 0.845. The first-order valence-electron chi connectivity index (χ1n) is 9.28. The standard InChI is InChI=1S/C20H24N4O2/c25-20(16-4-2-8-21-14-16)24-9-3-7-19(24)18-6-1-5-17(22-18)15-23-10-12-26-13-11-23/h1-2,4-6,8,14,19H,3,7,9-13,15H2. The zero-order valence-corrected chi connectivity index (χ0v) is 14.9. The number of hydrogen-bond acceptors (Lipinski definition) is 5. The summed E-state index contributed by atoms with van der Waals surface area (Å²) in [4.78, 5) is 26.1. The zero-order chi connectivity index (χ0) is 17.8. The molecule has 2 fully saturated rings. The maximum atomic E-state index is 12.9. The number of ether oxygens (including phenoxy) is 1. The number of nitrogens with zero attached hydrogens (tertiary/aromatic N) is 4. The Morgan fingerprint density at radius 2 is 2.04 bits per heavy atom. The van der Waals surface area contributed by atoms with Gasteiger partial charge in [-0.2, -0.15) is 0 Å². The largest absolute Gasteiger partial charge is 0.379 e. The van der Waals surface area contributed by atoms with Gasteiger partial charge in [0.05, 0.1) is 36.2 Å². The predicted octanol–water partition coefficient (Wildman–Crippen LogP) is 2.29. The number of morpholine rings is 1. The second-order valence-electron chi connectivity index (χ2n) is 6.84. The van der Waals surface area contributed by atoms with Gasteiger partial charge in [0.1, 0.15) is 0 Å². The van der Waals surface area contributed by atoms with Crippen molar-refractivity contribution in [2.75, 3.05) is 32.8 Å². The van der Waals surface area contributed by atoms with Crippen LogP contribution in [0.3, 0.4) is 0 Å². The molecule has 4 rings (SSSR count). The van der Waals surface area contributed by atoms with Crippen LogP contribution in [0.25, 0.3) is 0 Å². The summed E-state index contributed by atoms with van der Waals surface area (Å²) in [6, 6.07) is 9.85. The maximum absolute atomic E-state index is 12.9. The number of pyridine rings is 2. The smallest absolute Gasteiger partial charge is 0.255 e. The summed E-state index contributed by atoms with van der Waals surface area (Å²) in [6.07, 6.45) is 5.29. The van der Waals surface area contributed by atoms with E-state index in [1.54, 1.807) is 18.5 Å². The van der Waals surface area contributed by atoms with Crippen LogP contribution in [0, 0.1) is 0 Å². The summed E-state index contributed by atoms with van der Waals surface area (Å²) in [5.74, 6) is 0.0426. The van der Waals surface area contributed by atoms with Crippen LogP contribution in [0.5, 0.6) is 0 Å². The molecule has 6 nitrogen and oxygen atoms in total. The summed E-state index contributed by atoms with van der Waals surface area (Å²) in [5.41, 5.74) is 2.69. The normalized spacial score (nSPS) is 21.1. The molecule has 2 aromatic rings. The molecule has 0 bridgehead atoms. The molecule has 4 heterocycles. The SMILES string of the molecule is O=C(c1cccnc1)N1CCCC1c1cccc(CN2CCOCC2)n1. The Balaban J connectivity index is 1.50. The molecule has 1 atom stereocenters. The summed E-state index contributed by atoms with van der Waals surface area (Å²) in [7, 11) is 0. The van der Waals surface area contributed by atoms with Gasteiger partial charge in [0.15, 0.2) is 0 Å². The Bertz CT molecular complexity index is 746. The van der Waals surface area contributed by atoms with E-state index >= 15 is 0 Å². The summed E-state index contributed by atoms with van der Waals surface area (Å²) in [6.45, 7) is 5.07. The van der Waals surface area contributed by atoms with Crippen LogP contribution in [-0.2, 0) is 11.3 Å². The van der Waals surface area contributed by atoms with Crippen molar-refractivity contribution in [3.63, 3.8) is 0 Å². The molecule has 2 saturated heterocycles. The number of carbonyl (C=O) groups is 1. The van der Waals surface area contributed by atoms with E-state index in [9.17, 15) is 4.79 Å². The van der Waals surface area contributed by atoms with E-state index in [-0.39, 0.29) is 11.9 Å². The molecule has 2 aliphatic heterocycles. The molecular formula is C20H24N4O2. The van der Waals surface area contributed by atoms with Gasteiger partial charge in [0.2, 0.25) is 0 Å². The second kappa shape index (κ2) is 7.93. The van der Waals surface area contributed by atoms with Gasteiger partial charge in [-0.1, -0.05) is 6.07 Å². The Morgan fingerprint density at radius 3 is 2.85 bits per heavy atom. The fourth-order valence-electron chi connectivity index (χ4n) is 3.73. The van der Waals surface area contributed by atoms with Crippen LogP contribution in [0.2, 0.25) is 0 Å². The Kier molecular flexibility index (Phi) is 5.22. The minimum absolute atomic E-state index is 0.0426. The summed E-state index contributed by atoms with van der Waals surface area (Å²) >= 11 is 0. The van der Waals surface area contributed by atoms with Gasteiger partial charge < -0.3 is 9.64 Å². The Morgan fingerprint density at radius 1 is 1.15 bits per heavy atom. The molecule has 0 spiro atoms. The molecule has 26 heavy (non-hydrogen) atoms. The van der Waals surface area contributed by atoms with Crippen molar-refractivity contribution in [1.29, 1.82) is 0 Å². The summed E-state index contributed by atoms with van der Waals surface area (Å²) in [5, 5.41) is 0. The topological polar surface area (TPSA) is 58.6 Å². The lowest BCUT2D eigenvalue weighted by Crippen LogP contribution is -2.36. The molecule has 0 aromatic carbocycles. The number of aromatic nitrogens is 2. The highest BCUT2D eigenvalue weighted by molar-refractivity contribution is 5.94. The summed E-state index contributed by atoms with van der Waals surface area (Å²) < 4.78 is 5.41. The highest BCUT2D eigenvalue weighted by Gasteiger charge is 2.31. The van der Waals surface area contributed by atoms with Crippen molar-refractivity contribution in [3.05, 3.63) is 59.7 Å². The third-order valence-corrected chi connectivity index (χ3v) is 5.08. The number of rotatable bonds is 4. The molecular weight excluding hydrogens is 328 g/mol. The van der Waals surface area contributed by atoms with Gasteiger partial charge in [0.25, 0.3) is 5.91 Å². The molecule has 1 amide bonds. The molecule has 2 aromatic heterocycles. The molecule has 0 saturated carbocycles. The average Bonchev–Trinajstić information content (AvgIpc) is 3.19. The van der Waals surface area contributed by atoms with Crippen molar-refractivity contribution in [2.45, 2.75) is 25.4 Å². The van der Waals surface area contributed by atoms with Gasteiger partial charge in [-0.05, 0) is 37.1 Å². The highest BCUT2D eigenvalue weighted by atomic mass is 16.5. The van der Waals surface area contributed by atoms with Crippen molar-refractivity contribution in [2.24, 2.45) is 0 Å². The van der Waals surface area contributed by atoms with Gasteiger partial charge in [0, 0.05) is 38.6 Å². The van der Waals surface area contributed by atoms with Crippen LogP contribution in [0.4, 0.5) is 0 Å². The van der Waals surface area contributed by atoms with Crippen LogP contribution in [-0.4, -0.2) is 58.5 Å². The zero-order valence-electron chi connectivity index (χ0n) is 14.9. The lowest BCUT2D eigenvalue weighted by Gasteiger charge is -2.27. The van der Waals surface area contributed by atoms with E-state index in [0.29, 0.717) is 5.56 Å². The van der Waals surface area contributed by atoms with E-state index in [1.807, 2.05) is 17.0 Å². The second-order valence-corrected chi connectivity index (χ2v) is 6.84. The van der Waals surface area contributed by atoms with Crippen molar-refractivity contribution in [3.8, 4) is 0 Å². The molecule has 136 valence electrons. The molecule has 2 aliphatic rings. The molecule has 0 radical (unpaired) electrons. The molecule has 0 aliphatic carbocycles. The molecule has 1 unspecified atom stereocenters. The minimum Gasteiger partial charge on any atom is -0.379 e. The number of carbonyl (C=O) groups excluding carboxylic acids is 1. The monoisotopic (exact) mass is 352 g/mol. The number of hydrogen-bond donors (Lipinski definition) is 0. The van der Waals surface area contributed by atoms with Crippen molar-refractivity contribution < 1.29 is 9.53 Å². The van der Waals surface area contributed by atoms with Gasteiger partial charge in [-0.3, -0.25) is 19.7 Å². The molecule has 0 N–H and O–H groups in total. The Hall–Kier alpha value is -2.31. The van der Waals surface area contributed by atoms with E-state index in [4.69, 9.17) is 9.72 Å². The lowest BCUT2D eigenvalue weighted by atomic mass is 10.1. The van der Waals surface area contributed by atoms with Gasteiger partial charge in [-0.25, -0.2) is 0 Å². The average molecular weight is 352 g/mol. The van der Waals surface area contributed by atoms with Crippen LogP contribution in [0.1, 0.15) is 40.6 Å². The Labute approximate surface area is 153 Å². The van der Waals surface area contributed by atoms with E-state index in [2.05, 4.69) is 22.0 Å².